The largest absolute Gasteiger partial charge is 0.462 e. The van der Waals surface area contributed by atoms with Crippen molar-refractivity contribution in [2.24, 2.45) is 0 Å². The van der Waals surface area contributed by atoms with Crippen molar-refractivity contribution < 1.29 is 28.6 Å². The molecule has 0 N–H and O–H groups in total. The van der Waals surface area contributed by atoms with Gasteiger partial charge in [-0.15, -0.1) is 0 Å². The number of rotatable bonds is 58. The molecule has 0 bridgehead atoms. The number of carbonyl (C=O) groups excluding carboxylic acids is 3. The van der Waals surface area contributed by atoms with Gasteiger partial charge in [0.05, 0.1) is 0 Å². The van der Waals surface area contributed by atoms with Gasteiger partial charge in [-0.05, 0) is 109 Å². The molecule has 0 heterocycles. The van der Waals surface area contributed by atoms with Gasteiger partial charge in [0.2, 0.25) is 0 Å². The van der Waals surface area contributed by atoms with Crippen LogP contribution < -0.4 is 0 Å². The Morgan fingerprint density at radius 3 is 0.805 bits per heavy atom. The molecule has 6 heteroatoms. The molecule has 77 heavy (non-hydrogen) atoms. The number of esters is 3. The van der Waals surface area contributed by atoms with Crippen molar-refractivity contribution in [3.63, 3.8) is 0 Å². The van der Waals surface area contributed by atoms with Crippen LogP contribution in [0.2, 0.25) is 0 Å². The predicted molar refractivity (Wildman–Crippen MR) is 334 cm³/mol. The topological polar surface area (TPSA) is 78.9 Å². The Bertz CT molecular complexity index is 1560. The van der Waals surface area contributed by atoms with E-state index in [1.807, 2.05) is 0 Å². The highest BCUT2D eigenvalue weighted by molar-refractivity contribution is 5.71. The van der Waals surface area contributed by atoms with Crippen LogP contribution in [-0.2, 0) is 28.6 Å². The van der Waals surface area contributed by atoms with E-state index in [0.29, 0.717) is 19.3 Å². The molecule has 0 aliphatic carbocycles. The lowest BCUT2D eigenvalue weighted by Gasteiger charge is -2.18. The van der Waals surface area contributed by atoms with Gasteiger partial charge in [-0.2, -0.15) is 0 Å². The fourth-order valence-corrected chi connectivity index (χ4v) is 8.92. The summed E-state index contributed by atoms with van der Waals surface area (Å²) in [6.45, 7) is 6.51. The fraction of sp³-hybridized carbons (Fsp3) is 0.704. The van der Waals surface area contributed by atoms with Crippen molar-refractivity contribution in [3.8, 4) is 0 Å². The van der Waals surface area contributed by atoms with Crippen molar-refractivity contribution in [1.82, 2.24) is 0 Å². The Morgan fingerprint density at radius 2 is 0.506 bits per heavy atom. The zero-order valence-electron chi connectivity index (χ0n) is 50.4. The second-order valence-corrected chi connectivity index (χ2v) is 21.3. The summed E-state index contributed by atoms with van der Waals surface area (Å²) in [5.74, 6) is -0.896. The van der Waals surface area contributed by atoms with Gasteiger partial charge in [0, 0.05) is 19.3 Å². The van der Waals surface area contributed by atoms with Crippen LogP contribution in [0.15, 0.2) is 109 Å². The van der Waals surface area contributed by atoms with Crippen LogP contribution in [0.3, 0.4) is 0 Å². The lowest BCUT2D eigenvalue weighted by molar-refractivity contribution is -0.167. The molecule has 0 amide bonds. The first-order valence-electron chi connectivity index (χ1n) is 32.4. The SMILES string of the molecule is CC/C=C\C/C=C\C/C=C\C/C=C\C/C=C\C/C=C\C/C=C\C/C=C\CCCCCCCCC(=O)OCC(COC(=O)CCCCCCCCCCCC)OC(=O)CCCCCCCCC/C=C\CCCCCCCCC. The van der Waals surface area contributed by atoms with Gasteiger partial charge in [-0.3, -0.25) is 14.4 Å². The summed E-state index contributed by atoms with van der Waals surface area (Å²) in [5, 5.41) is 0. The van der Waals surface area contributed by atoms with E-state index in [1.54, 1.807) is 0 Å². The average Bonchev–Trinajstić information content (AvgIpc) is 3.43. The summed E-state index contributed by atoms with van der Waals surface area (Å²) in [5.41, 5.74) is 0. The van der Waals surface area contributed by atoms with Crippen molar-refractivity contribution in [2.45, 2.75) is 309 Å². The molecule has 0 fully saturated rings. The third-order valence-electron chi connectivity index (χ3n) is 13.8. The number of unbranched alkanes of at least 4 members (excludes halogenated alkanes) is 29. The highest BCUT2D eigenvalue weighted by Crippen LogP contribution is 2.16. The molecule has 1 unspecified atom stereocenters. The summed E-state index contributed by atoms with van der Waals surface area (Å²) >= 11 is 0. The minimum Gasteiger partial charge on any atom is -0.462 e. The molecule has 0 saturated carbocycles. The van der Waals surface area contributed by atoms with E-state index < -0.39 is 6.10 Å². The number of carbonyl (C=O) groups is 3. The maximum atomic E-state index is 12.9. The summed E-state index contributed by atoms with van der Waals surface area (Å²) in [6.07, 6.45) is 88.1. The monoisotopic (exact) mass is 1070 g/mol. The first-order chi connectivity index (χ1) is 38.0. The average molecular weight is 1070 g/mol. The molecule has 0 rings (SSSR count). The number of ether oxygens (including phenoxy) is 3. The van der Waals surface area contributed by atoms with Gasteiger partial charge in [-0.1, -0.05) is 284 Å². The van der Waals surface area contributed by atoms with Crippen molar-refractivity contribution in [3.05, 3.63) is 109 Å². The van der Waals surface area contributed by atoms with E-state index in [1.165, 1.54) is 141 Å². The molecule has 0 aliphatic rings. The highest BCUT2D eigenvalue weighted by atomic mass is 16.6. The van der Waals surface area contributed by atoms with Gasteiger partial charge >= 0.3 is 17.9 Å². The summed E-state index contributed by atoms with van der Waals surface area (Å²) in [6, 6.07) is 0. The van der Waals surface area contributed by atoms with E-state index in [0.717, 1.165) is 122 Å². The van der Waals surface area contributed by atoms with Crippen LogP contribution in [0.1, 0.15) is 303 Å². The Morgan fingerprint density at radius 1 is 0.273 bits per heavy atom. The lowest BCUT2D eigenvalue weighted by atomic mass is 10.1. The number of allylic oxidation sites excluding steroid dienone is 18. The quantitative estimate of drug-likeness (QED) is 0.0261. The molecule has 0 spiro atoms. The maximum Gasteiger partial charge on any atom is 0.306 e. The normalized spacial score (nSPS) is 12.8. The minimum atomic E-state index is -0.786. The van der Waals surface area contributed by atoms with Crippen LogP contribution in [-0.4, -0.2) is 37.2 Å². The molecule has 0 aliphatic heterocycles. The first kappa shape index (κ1) is 73.1. The van der Waals surface area contributed by atoms with Gasteiger partial charge in [0.25, 0.3) is 0 Å². The molecule has 6 nitrogen and oxygen atoms in total. The molecule has 440 valence electrons. The van der Waals surface area contributed by atoms with Gasteiger partial charge in [0.1, 0.15) is 13.2 Å². The molecule has 0 aromatic carbocycles. The van der Waals surface area contributed by atoms with E-state index in [2.05, 4.69) is 130 Å². The van der Waals surface area contributed by atoms with Crippen LogP contribution in [0.4, 0.5) is 0 Å². The third-order valence-corrected chi connectivity index (χ3v) is 13.8. The Balaban J connectivity index is 4.27. The van der Waals surface area contributed by atoms with E-state index >= 15 is 0 Å². The van der Waals surface area contributed by atoms with Crippen molar-refractivity contribution in [1.29, 1.82) is 0 Å². The summed E-state index contributed by atoms with van der Waals surface area (Å²) in [4.78, 5) is 38.2. The second kappa shape index (κ2) is 64.6. The van der Waals surface area contributed by atoms with Gasteiger partial charge in [-0.25, -0.2) is 0 Å². The summed E-state index contributed by atoms with van der Waals surface area (Å²) < 4.78 is 16.9. The molecule has 0 aromatic rings. The maximum absolute atomic E-state index is 12.9. The van der Waals surface area contributed by atoms with E-state index in [9.17, 15) is 14.4 Å². The highest BCUT2D eigenvalue weighted by Gasteiger charge is 2.19. The standard InChI is InChI=1S/C71H120O6/c1-4-7-10-13-16-19-22-24-26-28-30-31-32-33-34-35-36-37-38-39-40-41-42-44-45-47-49-52-55-58-61-64-70(73)76-67-68(66-75-69(72)63-60-57-54-51-21-18-15-12-9-6-3)77-71(74)65-62-59-56-53-50-48-46-43-29-27-25-23-20-17-14-11-8-5-2/h7,10,16,19,24,26-27,29-31,33-34,36-37,39-40,42,44,68H,4-6,8-9,11-15,17-18,20-23,25,28,32,35,38,41,43,45-67H2,1-3H3/b10-7-,19-16-,26-24-,29-27-,31-30-,34-33-,37-36-,40-39-,44-42-. The number of hydrogen-bond acceptors (Lipinski definition) is 6. The predicted octanol–water partition coefficient (Wildman–Crippen LogP) is 22.2. The first-order valence-corrected chi connectivity index (χ1v) is 32.4. The number of hydrogen-bond donors (Lipinski definition) is 0. The van der Waals surface area contributed by atoms with Crippen molar-refractivity contribution in [2.75, 3.05) is 13.2 Å². The summed E-state index contributed by atoms with van der Waals surface area (Å²) in [7, 11) is 0. The van der Waals surface area contributed by atoms with Crippen LogP contribution in [0.25, 0.3) is 0 Å². The molecular weight excluding hydrogens is 949 g/mol. The second-order valence-electron chi connectivity index (χ2n) is 21.3. The van der Waals surface area contributed by atoms with Crippen molar-refractivity contribution >= 4 is 17.9 Å². The fourth-order valence-electron chi connectivity index (χ4n) is 8.92. The van der Waals surface area contributed by atoms with Crippen LogP contribution in [0.5, 0.6) is 0 Å². The molecule has 0 radical (unpaired) electrons. The minimum absolute atomic E-state index is 0.0825. The molecular formula is C71H120O6. The molecule has 0 saturated heterocycles. The molecule has 1 atom stereocenters. The lowest BCUT2D eigenvalue weighted by Crippen LogP contribution is -2.30. The third kappa shape index (κ3) is 62.8. The molecule has 0 aromatic heterocycles. The smallest absolute Gasteiger partial charge is 0.306 e. The Hall–Kier alpha value is -3.93. The van der Waals surface area contributed by atoms with E-state index in [-0.39, 0.29) is 31.1 Å². The van der Waals surface area contributed by atoms with Crippen LogP contribution in [0, 0.1) is 0 Å². The Kier molecular flexibility index (Phi) is 61.3. The van der Waals surface area contributed by atoms with E-state index in [4.69, 9.17) is 14.2 Å². The zero-order valence-corrected chi connectivity index (χ0v) is 50.4. The van der Waals surface area contributed by atoms with Gasteiger partial charge in [0.15, 0.2) is 6.10 Å². The van der Waals surface area contributed by atoms with Crippen LogP contribution >= 0.6 is 0 Å². The zero-order chi connectivity index (χ0) is 55.7. The Labute approximate surface area is 476 Å². The van der Waals surface area contributed by atoms with Gasteiger partial charge < -0.3 is 14.2 Å².